The van der Waals surface area contributed by atoms with Gasteiger partial charge in [0.25, 0.3) is 0 Å². The van der Waals surface area contributed by atoms with E-state index in [4.69, 9.17) is 11.6 Å². The van der Waals surface area contributed by atoms with Crippen LogP contribution in [-0.4, -0.2) is 12.4 Å². The first-order valence-electron chi connectivity index (χ1n) is 4.00. The summed E-state index contributed by atoms with van der Waals surface area (Å²) in [6.07, 6.45) is -12.3. The molecule has 0 unspecified atom stereocenters. The van der Waals surface area contributed by atoms with Crippen molar-refractivity contribution in [3.8, 4) is 0 Å². The number of benzene rings is 1. The van der Waals surface area contributed by atoms with Gasteiger partial charge in [-0.25, -0.2) is 4.39 Å². The van der Waals surface area contributed by atoms with Gasteiger partial charge in [-0.05, 0) is 6.07 Å². The summed E-state index contributed by atoms with van der Waals surface area (Å²) in [7, 11) is 0. The molecule has 0 aliphatic heterocycles. The highest BCUT2D eigenvalue weighted by molar-refractivity contribution is 6.30. The first kappa shape index (κ1) is 14.1. The maximum atomic E-state index is 13.4. The molecule has 1 aromatic rings. The van der Waals surface area contributed by atoms with Crippen molar-refractivity contribution >= 4 is 11.6 Å². The quantitative estimate of drug-likeness (QED) is 0.667. The van der Waals surface area contributed by atoms with Crippen LogP contribution in [0.1, 0.15) is 5.56 Å². The van der Waals surface area contributed by atoms with Crippen molar-refractivity contribution in [1.82, 2.24) is 0 Å². The molecule has 0 atom stereocenters. The topological polar surface area (TPSA) is 0 Å². The zero-order valence-corrected chi connectivity index (χ0v) is 8.51. The lowest BCUT2D eigenvalue weighted by atomic mass is 9.94. The average Bonchev–Trinajstić information content (AvgIpc) is 2.12. The molecule has 1 aromatic carbocycles. The molecule has 0 N–H and O–H groups in total. The van der Waals surface area contributed by atoms with E-state index in [0.717, 1.165) is 0 Å². The number of alkyl halides is 7. The Morgan fingerprint density at radius 3 is 1.76 bits per heavy atom. The van der Waals surface area contributed by atoms with Gasteiger partial charge in [0.2, 0.25) is 0 Å². The van der Waals surface area contributed by atoms with E-state index < -0.39 is 28.6 Å². The Morgan fingerprint density at radius 2 is 1.41 bits per heavy atom. The highest BCUT2D eigenvalue weighted by Gasteiger charge is 2.73. The van der Waals surface area contributed by atoms with Crippen molar-refractivity contribution in [2.75, 3.05) is 0 Å². The molecule has 8 heteroatoms. The van der Waals surface area contributed by atoms with Crippen LogP contribution in [0.15, 0.2) is 18.2 Å². The van der Waals surface area contributed by atoms with E-state index in [-0.39, 0.29) is 6.07 Å². The first-order chi connectivity index (χ1) is 7.50. The smallest absolute Gasteiger partial charge is 0.218 e. The number of hydrogen-bond donors (Lipinski definition) is 0. The van der Waals surface area contributed by atoms with Gasteiger partial charge in [0, 0.05) is 16.7 Å². The third-order valence-electron chi connectivity index (χ3n) is 1.95. The fraction of sp³-hybridized carbons (Fsp3) is 0.333. The Balaban J connectivity index is 3.46. The fourth-order valence-electron chi connectivity index (χ4n) is 1.14. The lowest BCUT2D eigenvalue weighted by molar-refractivity contribution is -0.348. The fourth-order valence-corrected chi connectivity index (χ4v) is 1.32. The lowest BCUT2D eigenvalue weighted by Gasteiger charge is -2.30. The summed E-state index contributed by atoms with van der Waals surface area (Å²) >= 11 is 5.19. The van der Waals surface area contributed by atoms with Crippen LogP contribution in [0.4, 0.5) is 30.7 Å². The van der Waals surface area contributed by atoms with Gasteiger partial charge in [-0.2, -0.15) is 26.3 Å². The highest BCUT2D eigenvalue weighted by atomic mass is 35.5. The first-order valence-corrected chi connectivity index (χ1v) is 4.38. The molecule has 0 aliphatic carbocycles. The molecule has 0 aliphatic rings. The van der Waals surface area contributed by atoms with Crippen LogP contribution in [0.2, 0.25) is 5.02 Å². The molecule has 0 aromatic heterocycles. The molecule has 0 fully saturated rings. The second-order valence-corrected chi connectivity index (χ2v) is 3.49. The summed E-state index contributed by atoms with van der Waals surface area (Å²) in [5.74, 6) is 0. The number of rotatable bonds is 1. The summed E-state index contributed by atoms with van der Waals surface area (Å²) in [6.45, 7) is 0. The van der Waals surface area contributed by atoms with Crippen molar-refractivity contribution in [3.63, 3.8) is 0 Å². The van der Waals surface area contributed by atoms with Crippen molar-refractivity contribution in [3.05, 3.63) is 34.9 Å². The molecule has 0 bridgehead atoms. The minimum absolute atomic E-state index is 0.239. The van der Waals surface area contributed by atoms with Crippen LogP contribution in [0.5, 0.6) is 0 Å². The van der Waals surface area contributed by atoms with Gasteiger partial charge in [0.15, 0.2) is 0 Å². The van der Waals surface area contributed by atoms with E-state index in [9.17, 15) is 30.7 Å². The van der Waals surface area contributed by atoms with E-state index in [1.165, 1.54) is 0 Å². The Kier molecular flexibility index (Phi) is 3.35. The van der Waals surface area contributed by atoms with Crippen LogP contribution in [0, 0.1) is 6.07 Å². The Labute approximate surface area is 96.0 Å². The molecule has 0 spiro atoms. The van der Waals surface area contributed by atoms with E-state index in [1.807, 2.05) is 0 Å². The molecular weight excluding hydrogens is 277 g/mol. The maximum Gasteiger partial charge on any atom is 0.435 e. The standard InChI is InChI=1S/C9H3ClF7/c10-6-3-1-2-5(4-6)7(11,8(12,13)14)9(15,16)17/h1-2,4H. The molecule has 0 saturated heterocycles. The Morgan fingerprint density at radius 1 is 0.941 bits per heavy atom. The zero-order valence-electron chi connectivity index (χ0n) is 7.76. The van der Waals surface area contributed by atoms with E-state index in [2.05, 4.69) is 6.07 Å². The van der Waals surface area contributed by atoms with Gasteiger partial charge >= 0.3 is 18.0 Å². The van der Waals surface area contributed by atoms with Gasteiger partial charge < -0.3 is 0 Å². The minimum atomic E-state index is -6.13. The summed E-state index contributed by atoms with van der Waals surface area (Å²) in [5.41, 5.74) is -7.07. The van der Waals surface area contributed by atoms with E-state index in [1.54, 1.807) is 0 Å². The molecule has 1 rings (SSSR count). The summed E-state index contributed by atoms with van der Waals surface area (Å²) in [5, 5.41) is -0.543. The van der Waals surface area contributed by atoms with Gasteiger partial charge in [0.05, 0.1) is 0 Å². The molecule has 0 amide bonds. The highest BCUT2D eigenvalue weighted by Crippen LogP contribution is 2.53. The molecule has 95 valence electrons. The van der Waals surface area contributed by atoms with Gasteiger partial charge in [-0.15, -0.1) is 0 Å². The predicted molar refractivity (Wildman–Crippen MR) is 45.2 cm³/mol. The molecular formula is C9H3ClF7. The average molecular weight is 280 g/mol. The maximum absolute atomic E-state index is 13.4. The van der Waals surface area contributed by atoms with Gasteiger partial charge in [-0.3, -0.25) is 0 Å². The molecule has 0 heterocycles. The van der Waals surface area contributed by atoms with Crippen molar-refractivity contribution in [1.29, 1.82) is 0 Å². The molecule has 1 radical (unpaired) electrons. The van der Waals surface area contributed by atoms with Crippen LogP contribution < -0.4 is 0 Å². The summed E-state index contributed by atoms with van der Waals surface area (Å²) < 4.78 is 87.0. The summed E-state index contributed by atoms with van der Waals surface area (Å²) in [6, 6.07) is 3.36. The second-order valence-electron chi connectivity index (χ2n) is 3.08. The Hall–Kier alpha value is -0.980. The molecule has 0 saturated carbocycles. The zero-order chi connectivity index (χ0) is 13.5. The lowest BCUT2D eigenvalue weighted by Crippen LogP contribution is -2.50. The van der Waals surface area contributed by atoms with Gasteiger partial charge in [-0.1, -0.05) is 23.7 Å². The van der Waals surface area contributed by atoms with Crippen LogP contribution in [0.25, 0.3) is 0 Å². The SMILES string of the molecule is FC(F)(F)C(F)(c1cc[c]c(Cl)c1)C(F)(F)F. The molecule has 0 nitrogen and oxygen atoms in total. The second kappa shape index (κ2) is 4.04. The Bertz CT molecular complexity index is 393. The predicted octanol–water partition coefficient (Wildman–Crippen LogP) is 4.43. The number of halogens is 8. The van der Waals surface area contributed by atoms with Crippen LogP contribution in [-0.2, 0) is 5.67 Å². The van der Waals surface area contributed by atoms with Crippen molar-refractivity contribution < 1.29 is 30.7 Å². The minimum Gasteiger partial charge on any atom is -0.218 e. The third-order valence-corrected chi connectivity index (χ3v) is 2.16. The van der Waals surface area contributed by atoms with Crippen LogP contribution in [0.3, 0.4) is 0 Å². The molecule has 17 heavy (non-hydrogen) atoms. The largest absolute Gasteiger partial charge is 0.435 e. The van der Waals surface area contributed by atoms with Crippen molar-refractivity contribution in [2.45, 2.75) is 18.0 Å². The third kappa shape index (κ3) is 2.34. The van der Waals surface area contributed by atoms with Crippen molar-refractivity contribution in [2.24, 2.45) is 0 Å². The van der Waals surface area contributed by atoms with Gasteiger partial charge in [0.1, 0.15) is 0 Å². The monoisotopic (exact) mass is 279 g/mol. The summed E-state index contributed by atoms with van der Waals surface area (Å²) in [4.78, 5) is 0. The van der Waals surface area contributed by atoms with Crippen LogP contribution >= 0.6 is 11.6 Å². The van der Waals surface area contributed by atoms with E-state index in [0.29, 0.717) is 12.1 Å². The normalized spacial score (nSPS) is 13.9. The number of hydrogen-bond acceptors (Lipinski definition) is 0. The van der Waals surface area contributed by atoms with E-state index >= 15 is 0 Å².